The predicted molar refractivity (Wildman–Crippen MR) is 108 cm³/mol. The van der Waals surface area contributed by atoms with Gasteiger partial charge < -0.3 is 19.4 Å². The van der Waals surface area contributed by atoms with Gasteiger partial charge in [0.1, 0.15) is 0 Å². The zero-order chi connectivity index (χ0) is 19.5. The molecule has 3 fully saturated rings. The Labute approximate surface area is 167 Å². The van der Waals surface area contributed by atoms with Crippen LogP contribution < -0.4 is 4.90 Å². The minimum absolute atomic E-state index is 0.0425. The van der Waals surface area contributed by atoms with Crippen molar-refractivity contribution in [2.24, 2.45) is 11.8 Å². The Balaban J connectivity index is 1.26. The van der Waals surface area contributed by atoms with E-state index in [1.807, 2.05) is 16.8 Å². The number of benzene rings is 1. The first-order valence-electron chi connectivity index (χ1n) is 10.6. The van der Waals surface area contributed by atoms with Crippen LogP contribution in [-0.4, -0.2) is 68.1 Å². The predicted octanol–water partition coefficient (Wildman–Crippen LogP) is 2.13. The number of hydrogen-bond acceptors (Lipinski definition) is 4. The summed E-state index contributed by atoms with van der Waals surface area (Å²) in [5.74, 6) is 0.826. The minimum Gasteiger partial charge on any atom is -0.378 e. The second-order valence-electron chi connectivity index (χ2n) is 8.33. The van der Waals surface area contributed by atoms with Crippen LogP contribution in [-0.2, 0) is 20.9 Å². The van der Waals surface area contributed by atoms with Crippen LogP contribution in [0, 0.1) is 11.8 Å². The summed E-state index contributed by atoms with van der Waals surface area (Å²) in [5, 5.41) is 0. The van der Waals surface area contributed by atoms with Crippen LogP contribution in [0.2, 0.25) is 0 Å². The van der Waals surface area contributed by atoms with E-state index in [4.69, 9.17) is 4.74 Å². The average molecular weight is 386 g/mol. The van der Waals surface area contributed by atoms with Gasteiger partial charge >= 0.3 is 0 Å². The van der Waals surface area contributed by atoms with Crippen LogP contribution in [0.4, 0.5) is 5.69 Å². The number of carbonyl (C=O) groups excluding carboxylic acids is 2. The third-order valence-corrected chi connectivity index (χ3v) is 6.19. The lowest BCUT2D eigenvalue weighted by atomic mass is 9.95. The van der Waals surface area contributed by atoms with E-state index in [0.29, 0.717) is 12.5 Å². The Kier molecular flexibility index (Phi) is 5.85. The molecular formula is C22H31N3O3. The standard InChI is InChI=1S/C22H31N3O3/c1-23(16-17-2-6-20(7-3-17)24-12-14-28-15-13-24)21(26)19-8-10-25(11-9-19)22(27)18-4-5-18/h2-3,6-7,18-19H,4-5,8-16H2,1H3. The fourth-order valence-corrected chi connectivity index (χ4v) is 4.23. The first-order valence-corrected chi connectivity index (χ1v) is 10.6. The van der Waals surface area contributed by atoms with E-state index in [1.165, 1.54) is 5.69 Å². The number of nitrogens with zero attached hydrogens (tertiary/aromatic N) is 3. The quantitative estimate of drug-likeness (QED) is 0.779. The number of hydrogen-bond donors (Lipinski definition) is 0. The van der Waals surface area contributed by atoms with Crippen LogP contribution in [0.15, 0.2) is 24.3 Å². The zero-order valence-electron chi connectivity index (χ0n) is 16.8. The lowest BCUT2D eigenvalue weighted by Gasteiger charge is -2.33. The highest BCUT2D eigenvalue weighted by Gasteiger charge is 2.36. The molecule has 0 unspecified atom stereocenters. The maximum Gasteiger partial charge on any atom is 0.225 e. The molecule has 0 spiro atoms. The van der Waals surface area contributed by atoms with E-state index in [0.717, 1.165) is 70.6 Å². The number of rotatable bonds is 5. The molecule has 3 aliphatic rings. The van der Waals surface area contributed by atoms with Crippen molar-refractivity contribution in [2.45, 2.75) is 32.2 Å². The molecule has 6 heteroatoms. The van der Waals surface area contributed by atoms with Crippen LogP contribution in [0.5, 0.6) is 0 Å². The zero-order valence-corrected chi connectivity index (χ0v) is 16.8. The largest absolute Gasteiger partial charge is 0.378 e. The maximum absolute atomic E-state index is 12.8. The lowest BCUT2D eigenvalue weighted by Crippen LogP contribution is -2.43. The molecule has 28 heavy (non-hydrogen) atoms. The molecule has 0 N–H and O–H groups in total. The molecule has 0 atom stereocenters. The van der Waals surface area contributed by atoms with Gasteiger partial charge in [-0.2, -0.15) is 0 Å². The maximum atomic E-state index is 12.8. The van der Waals surface area contributed by atoms with E-state index in [2.05, 4.69) is 29.2 Å². The first kappa shape index (κ1) is 19.2. The van der Waals surface area contributed by atoms with Gasteiger partial charge in [0.05, 0.1) is 13.2 Å². The number of likely N-dealkylation sites (tertiary alicyclic amines) is 1. The smallest absolute Gasteiger partial charge is 0.225 e. The monoisotopic (exact) mass is 385 g/mol. The fraction of sp³-hybridized carbons (Fsp3) is 0.636. The van der Waals surface area contributed by atoms with Gasteiger partial charge in [-0.05, 0) is 43.4 Å². The minimum atomic E-state index is 0.0425. The highest BCUT2D eigenvalue weighted by atomic mass is 16.5. The van der Waals surface area contributed by atoms with Gasteiger partial charge in [-0.25, -0.2) is 0 Å². The summed E-state index contributed by atoms with van der Waals surface area (Å²) in [6.07, 6.45) is 3.67. The van der Waals surface area contributed by atoms with Crippen molar-refractivity contribution < 1.29 is 14.3 Å². The SMILES string of the molecule is CN(Cc1ccc(N2CCOCC2)cc1)C(=O)C1CCN(C(=O)C2CC2)CC1. The second kappa shape index (κ2) is 8.52. The van der Waals surface area contributed by atoms with Gasteiger partial charge in [-0.3, -0.25) is 9.59 Å². The number of amides is 2. The summed E-state index contributed by atoms with van der Waals surface area (Å²) in [5.41, 5.74) is 2.36. The molecular weight excluding hydrogens is 354 g/mol. The molecule has 2 heterocycles. The summed E-state index contributed by atoms with van der Waals surface area (Å²) in [6.45, 7) is 5.51. The van der Waals surface area contributed by atoms with E-state index in [1.54, 1.807) is 0 Å². The third kappa shape index (κ3) is 4.49. The summed E-state index contributed by atoms with van der Waals surface area (Å²) in [6, 6.07) is 8.51. The lowest BCUT2D eigenvalue weighted by molar-refractivity contribution is -0.140. The van der Waals surface area contributed by atoms with Crippen molar-refractivity contribution in [2.75, 3.05) is 51.3 Å². The second-order valence-corrected chi connectivity index (χ2v) is 8.33. The molecule has 0 radical (unpaired) electrons. The number of morpholine rings is 1. The highest BCUT2D eigenvalue weighted by molar-refractivity contribution is 5.82. The Hall–Kier alpha value is -2.08. The molecule has 0 bridgehead atoms. The molecule has 1 saturated carbocycles. The topological polar surface area (TPSA) is 53.1 Å². The molecule has 1 aromatic rings. The Bertz CT molecular complexity index is 687. The van der Waals surface area contributed by atoms with Crippen molar-refractivity contribution in [3.8, 4) is 0 Å². The number of anilines is 1. The van der Waals surface area contributed by atoms with Crippen LogP contribution >= 0.6 is 0 Å². The van der Waals surface area contributed by atoms with Crippen molar-refractivity contribution in [1.29, 1.82) is 0 Å². The van der Waals surface area contributed by atoms with Crippen LogP contribution in [0.1, 0.15) is 31.2 Å². The van der Waals surface area contributed by atoms with Crippen molar-refractivity contribution in [3.63, 3.8) is 0 Å². The molecule has 4 rings (SSSR count). The number of ether oxygens (including phenoxy) is 1. The van der Waals surface area contributed by atoms with E-state index >= 15 is 0 Å². The van der Waals surface area contributed by atoms with E-state index in [-0.39, 0.29) is 17.7 Å². The molecule has 2 aliphatic heterocycles. The molecule has 1 aromatic carbocycles. The van der Waals surface area contributed by atoms with Gasteiger partial charge in [-0.1, -0.05) is 12.1 Å². The van der Waals surface area contributed by atoms with Gasteiger partial charge in [-0.15, -0.1) is 0 Å². The van der Waals surface area contributed by atoms with Crippen molar-refractivity contribution in [1.82, 2.24) is 9.80 Å². The fourth-order valence-electron chi connectivity index (χ4n) is 4.23. The van der Waals surface area contributed by atoms with Crippen molar-refractivity contribution >= 4 is 17.5 Å². The molecule has 152 valence electrons. The van der Waals surface area contributed by atoms with Crippen molar-refractivity contribution in [3.05, 3.63) is 29.8 Å². The van der Waals surface area contributed by atoms with Crippen LogP contribution in [0.3, 0.4) is 0 Å². The molecule has 6 nitrogen and oxygen atoms in total. The summed E-state index contributed by atoms with van der Waals surface area (Å²) in [7, 11) is 1.89. The number of carbonyl (C=O) groups is 2. The molecule has 1 aliphatic carbocycles. The normalized spacial score (nSPS) is 20.9. The molecule has 0 aromatic heterocycles. The summed E-state index contributed by atoms with van der Waals surface area (Å²) < 4.78 is 5.41. The third-order valence-electron chi connectivity index (χ3n) is 6.19. The molecule has 2 amide bonds. The summed E-state index contributed by atoms with van der Waals surface area (Å²) in [4.78, 5) is 31.2. The van der Waals surface area contributed by atoms with Gasteiger partial charge in [0.15, 0.2) is 0 Å². The first-order chi connectivity index (χ1) is 13.6. The highest BCUT2D eigenvalue weighted by Crippen LogP contribution is 2.32. The summed E-state index contributed by atoms with van der Waals surface area (Å²) >= 11 is 0. The Morgan fingerprint density at radius 1 is 0.964 bits per heavy atom. The molecule has 2 saturated heterocycles. The van der Waals surface area contributed by atoms with Gasteiger partial charge in [0, 0.05) is 57.3 Å². The van der Waals surface area contributed by atoms with Crippen LogP contribution in [0.25, 0.3) is 0 Å². The van der Waals surface area contributed by atoms with E-state index < -0.39 is 0 Å². The van der Waals surface area contributed by atoms with Gasteiger partial charge in [0.25, 0.3) is 0 Å². The Morgan fingerprint density at radius 2 is 1.61 bits per heavy atom. The number of piperidine rings is 1. The van der Waals surface area contributed by atoms with E-state index in [9.17, 15) is 9.59 Å². The Morgan fingerprint density at radius 3 is 2.21 bits per heavy atom. The van der Waals surface area contributed by atoms with Gasteiger partial charge in [0.2, 0.25) is 11.8 Å². The average Bonchev–Trinajstić information content (AvgIpc) is 3.59.